The van der Waals surface area contributed by atoms with E-state index in [1.54, 1.807) is 11.3 Å². The van der Waals surface area contributed by atoms with Crippen LogP contribution in [-0.4, -0.2) is 41.1 Å². The van der Waals surface area contributed by atoms with Gasteiger partial charge in [-0.05, 0) is 12.8 Å². The minimum Gasteiger partial charge on any atom is -0.357 e. The number of nitrogens with zero attached hydrogens (tertiary/aromatic N) is 5. The predicted molar refractivity (Wildman–Crippen MR) is 105 cm³/mol. The van der Waals surface area contributed by atoms with Gasteiger partial charge in [0.1, 0.15) is 5.82 Å². The Balaban J connectivity index is 1.96. The van der Waals surface area contributed by atoms with Gasteiger partial charge in [-0.3, -0.25) is 0 Å². The fourth-order valence-electron chi connectivity index (χ4n) is 2.31. The van der Waals surface area contributed by atoms with E-state index in [1.807, 2.05) is 31.4 Å². The number of hydrogen-bond acceptors (Lipinski definition) is 5. The van der Waals surface area contributed by atoms with Crippen LogP contribution in [0.4, 0.5) is 5.13 Å². The third-order valence-corrected chi connectivity index (χ3v) is 4.50. The molecule has 2 rings (SSSR count). The molecule has 0 saturated heterocycles. The molecule has 2 aromatic rings. The lowest BCUT2D eigenvalue weighted by Gasteiger charge is -2.13. The maximum Gasteiger partial charge on any atom is 0.192 e. The van der Waals surface area contributed by atoms with Crippen molar-refractivity contribution >= 4 is 22.4 Å². The van der Waals surface area contributed by atoms with Gasteiger partial charge in [0, 0.05) is 45.0 Å². The number of hydrogen-bond donors (Lipinski definition) is 2. The van der Waals surface area contributed by atoms with Gasteiger partial charge in [0.05, 0.1) is 18.8 Å². The summed E-state index contributed by atoms with van der Waals surface area (Å²) in [6.07, 6.45) is 3.88. The monoisotopic (exact) mass is 363 g/mol. The Morgan fingerprint density at radius 2 is 2.16 bits per heavy atom. The first-order valence-electron chi connectivity index (χ1n) is 8.63. The van der Waals surface area contributed by atoms with Crippen LogP contribution in [-0.2, 0) is 19.6 Å². The zero-order valence-electron chi connectivity index (χ0n) is 15.8. The molecule has 0 fully saturated rings. The van der Waals surface area contributed by atoms with E-state index in [1.165, 1.54) is 0 Å². The van der Waals surface area contributed by atoms with Gasteiger partial charge in [0.15, 0.2) is 11.1 Å². The fourth-order valence-corrected chi connectivity index (χ4v) is 3.06. The van der Waals surface area contributed by atoms with Crippen molar-refractivity contribution in [1.29, 1.82) is 0 Å². The highest BCUT2D eigenvalue weighted by Crippen LogP contribution is 2.18. The van der Waals surface area contributed by atoms with Crippen LogP contribution in [0.1, 0.15) is 32.3 Å². The first-order chi connectivity index (χ1) is 12.0. The molecule has 2 N–H and O–H groups in total. The van der Waals surface area contributed by atoms with Gasteiger partial charge < -0.3 is 20.1 Å². The Labute approximate surface area is 154 Å². The second kappa shape index (κ2) is 9.41. The van der Waals surface area contributed by atoms with Gasteiger partial charge in [0.25, 0.3) is 0 Å². The summed E-state index contributed by atoms with van der Waals surface area (Å²) in [5.74, 6) is 2.38. The molecule has 0 aliphatic heterocycles. The number of aromatic nitrogens is 3. The molecule has 0 aromatic carbocycles. The second-order valence-corrected chi connectivity index (χ2v) is 7.29. The number of rotatable bonds is 8. The zero-order chi connectivity index (χ0) is 18.2. The molecule has 2 heterocycles. The van der Waals surface area contributed by atoms with Crippen molar-refractivity contribution in [2.45, 2.75) is 40.4 Å². The minimum atomic E-state index is 0.556. The van der Waals surface area contributed by atoms with Crippen molar-refractivity contribution in [2.24, 2.45) is 10.9 Å². The summed E-state index contributed by atoms with van der Waals surface area (Å²) >= 11 is 1.63. The van der Waals surface area contributed by atoms with Crippen LogP contribution in [0.15, 0.2) is 22.8 Å². The number of thiazole rings is 1. The van der Waals surface area contributed by atoms with Crippen LogP contribution < -0.4 is 15.5 Å². The van der Waals surface area contributed by atoms with Crippen LogP contribution in [0.3, 0.4) is 0 Å². The first-order valence-corrected chi connectivity index (χ1v) is 9.51. The Morgan fingerprint density at radius 3 is 2.80 bits per heavy atom. The Bertz CT molecular complexity index is 672. The van der Waals surface area contributed by atoms with Gasteiger partial charge >= 0.3 is 0 Å². The quantitative estimate of drug-likeness (QED) is 0.556. The number of aliphatic imine (C=N–C) groups is 1. The topological polar surface area (TPSA) is 70.4 Å². The molecule has 2 aromatic heterocycles. The maximum absolute atomic E-state index is 4.63. The summed E-state index contributed by atoms with van der Waals surface area (Å²) < 4.78 is 2.19. The molecule has 0 aliphatic rings. The van der Waals surface area contributed by atoms with Gasteiger partial charge in [0.2, 0.25) is 0 Å². The third kappa shape index (κ3) is 6.04. The van der Waals surface area contributed by atoms with E-state index in [4.69, 9.17) is 0 Å². The highest BCUT2D eigenvalue weighted by molar-refractivity contribution is 7.13. The van der Waals surface area contributed by atoms with Crippen LogP contribution in [0.2, 0.25) is 0 Å². The molecular formula is C17H29N7S. The molecule has 0 atom stereocenters. The predicted octanol–water partition coefficient (Wildman–Crippen LogP) is 2.32. The Kier molecular flexibility index (Phi) is 7.24. The average Bonchev–Trinajstić information content (AvgIpc) is 3.19. The van der Waals surface area contributed by atoms with Gasteiger partial charge in [-0.15, -0.1) is 11.3 Å². The lowest BCUT2D eigenvalue weighted by molar-refractivity contribution is 0.503. The molecule has 0 radical (unpaired) electrons. The molecule has 138 valence electrons. The fraction of sp³-hybridized carbons (Fsp3) is 0.588. The van der Waals surface area contributed by atoms with Crippen LogP contribution in [0.25, 0.3) is 0 Å². The summed E-state index contributed by atoms with van der Waals surface area (Å²) in [6, 6.07) is 0. The lowest BCUT2D eigenvalue weighted by atomic mass is 10.2. The largest absolute Gasteiger partial charge is 0.357 e. The molecular weight excluding hydrogens is 334 g/mol. The van der Waals surface area contributed by atoms with E-state index >= 15 is 0 Å². The Morgan fingerprint density at radius 1 is 1.36 bits per heavy atom. The van der Waals surface area contributed by atoms with Crippen LogP contribution in [0, 0.1) is 5.92 Å². The van der Waals surface area contributed by atoms with Crippen molar-refractivity contribution in [3.8, 4) is 0 Å². The number of guanidine groups is 1. The van der Waals surface area contributed by atoms with Crippen molar-refractivity contribution in [2.75, 3.05) is 25.5 Å². The summed E-state index contributed by atoms with van der Waals surface area (Å²) in [5.41, 5.74) is 0.979. The van der Waals surface area contributed by atoms with E-state index < -0.39 is 0 Å². The lowest BCUT2D eigenvalue weighted by Crippen LogP contribution is -2.37. The van der Waals surface area contributed by atoms with E-state index in [9.17, 15) is 0 Å². The SMILES string of the molecule is CCNC(=NCc1csc(N(C)C)n1)NCc1nccn1CC(C)C. The molecule has 0 aliphatic carbocycles. The molecule has 25 heavy (non-hydrogen) atoms. The molecule has 0 unspecified atom stereocenters. The van der Waals surface area contributed by atoms with Crippen molar-refractivity contribution in [1.82, 2.24) is 25.2 Å². The molecule has 0 bridgehead atoms. The molecule has 8 heteroatoms. The van der Waals surface area contributed by atoms with Gasteiger partial charge in [-0.2, -0.15) is 0 Å². The average molecular weight is 364 g/mol. The normalized spacial score (nSPS) is 11.8. The smallest absolute Gasteiger partial charge is 0.192 e. The Hall–Kier alpha value is -2.09. The summed E-state index contributed by atoms with van der Waals surface area (Å²) in [6.45, 7) is 9.45. The highest BCUT2D eigenvalue weighted by Gasteiger charge is 2.07. The van der Waals surface area contributed by atoms with Crippen molar-refractivity contribution < 1.29 is 0 Å². The molecule has 7 nitrogen and oxygen atoms in total. The molecule has 0 spiro atoms. The van der Waals surface area contributed by atoms with Crippen molar-refractivity contribution in [3.05, 3.63) is 29.3 Å². The maximum atomic E-state index is 4.63. The van der Waals surface area contributed by atoms with E-state index in [-0.39, 0.29) is 0 Å². The summed E-state index contributed by atoms with van der Waals surface area (Å²) in [5, 5.41) is 9.68. The molecule has 0 amide bonds. The first kappa shape index (κ1) is 19.2. The van der Waals surface area contributed by atoms with E-state index in [2.05, 4.69) is 56.3 Å². The van der Waals surface area contributed by atoms with E-state index in [0.29, 0.717) is 19.0 Å². The minimum absolute atomic E-state index is 0.556. The van der Waals surface area contributed by atoms with Crippen molar-refractivity contribution in [3.63, 3.8) is 0 Å². The number of nitrogens with one attached hydrogen (secondary N) is 2. The second-order valence-electron chi connectivity index (χ2n) is 6.45. The summed E-state index contributed by atoms with van der Waals surface area (Å²) in [7, 11) is 3.99. The van der Waals surface area contributed by atoms with Gasteiger partial charge in [-0.1, -0.05) is 13.8 Å². The third-order valence-electron chi connectivity index (χ3n) is 3.44. The van der Waals surface area contributed by atoms with Crippen LogP contribution >= 0.6 is 11.3 Å². The highest BCUT2D eigenvalue weighted by atomic mass is 32.1. The van der Waals surface area contributed by atoms with Gasteiger partial charge in [-0.25, -0.2) is 15.0 Å². The number of imidazole rings is 1. The molecule has 0 saturated carbocycles. The van der Waals surface area contributed by atoms with Crippen LogP contribution in [0.5, 0.6) is 0 Å². The zero-order valence-corrected chi connectivity index (χ0v) is 16.6. The standard InChI is InChI=1S/C17H29N7S/c1-6-18-16(20-9-14-12-25-17(22-14)23(4)5)21-10-15-19-7-8-24(15)11-13(2)3/h7-8,12-13H,6,9-11H2,1-5H3,(H2,18,20,21). The number of anilines is 1. The summed E-state index contributed by atoms with van der Waals surface area (Å²) in [4.78, 5) is 15.6. The van der Waals surface area contributed by atoms with E-state index in [0.717, 1.165) is 35.7 Å².